The van der Waals surface area contributed by atoms with Crippen LogP contribution in [0.15, 0.2) is 66.7 Å². The van der Waals surface area contributed by atoms with Crippen molar-refractivity contribution in [2.45, 2.75) is 70.5 Å². The second kappa shape index (κ2) is 20.1. The molecule has 4 amide bonds. The summed E-state index contributed by atoms with van der Waals surface area (Å²) in [4.78, 5) is 53.8. The largest absolute Gasteiger partial charge is 0.496 e. The Kier molecular flexibility index (Phi) is 15.1. The van der Waals surface area contributed by atoms with E-state index in [-0.39, 0.29) is 37.7 Å². The fourth-order valence-corrected chi connectivity index (χ4v) is 8.24. The monoisotopic (exact) mass is 792 g/mol. The van der Waals surface area contributed by atoms with E-state index in [0.717, 1.165) is 29.1 Å². The van der Waals surface area contributed by atoms with Gasteiger partial charge in [-0.15, -0.1) is 0 Å². The van der Waals surface area contributed by atoms with Gasteiger partial charge in [0.25, 0.3) is 16.1 Å². The molecule has 1 saturated heterocycles. The first kappa shape index (κ1) is 42.0. The van der Waals surface area contributed by atoms with Crippen LogP contribution in [-0.4, -0.2) is 99.7 Å². The van der Waals surface area contributed by atoms with Crippen LogP contribution in [0.3, 0.4) is 0 Å². The number of fused-ring (bicyclic) bond motifs is 18. The molecular formula is C40H52N6O9S. The number of hydrogen-bond donors (Lipinski definition) is 4. The molecule has 56 heavy (non-hydrogen) atoms. The lowest BCUT2D eigenvalue weighted by Gasteiger charge is -2.32. The molecular weight excluding hydrogens is 741 g/mol. The minimum Gasteiger partial charge on any atom is -0.496 e. The zero-order valence-electron chi connectivity index (χ0n) is 32.2. The van der Waals surface area contributed by atoms with Crippen molar-refractivity contribution in [2.24, 2.45) is 0 Å². The molecule has 0 aliphatic carbocycles. The van der Waals surface area contributed by atoms with Crippen LogP contribution in [0.5, 0.6) is 23.0 Å². The van der Waals surface area contributed by atoms with Crippen LogP contribution in [0.1, 0.15) is 66.9 Å². The van der Waals surface area contributed by atoms with E-state index in [9.17, 15) is 27.6 Å². The SMILES string of the molecule is COc1cc2ccc1CNC(=O)[C@H](C)NC(=O)[C@H](CCc1ccccc1)NC(=O)CN(S(=O)(=O)N1CCCCC1)CCCCNC(=O)c1ccc(OC)c(c1)O2. The highest BCUT2D eigenvalue weighted by atomic mass is 32.2. The van der Waals surface area contributed by atoms with Crippen molar-refractivity contribution in [3.05, 3.63) is 83.4 Å². The molecule has 4 bridgehead atoms. The molecule has 3 aromatic carbocycles. The van der Waals surface area contributed by atoms with E-state index in [0.29, 0.717) is 60.7 Å². The first-order valence-corrected chi connectivity index (χ1v) is 20.4. The number of benzene rings is 3. The summed E-state index contributed by atoms with van der Waals surface area (Å²) in [5, 5.41) is 11.2. The van der Waals surface area contributed by atoms with Crippen molar-refractivity contribution < 1.29 is 41.8 Å². The highest BCUT2D eigenvalue weighted by molar-refractivity contribution is 7.86. The fraction of sp³-hybridized carbons (Fsp3) is 0.450. The Bertz CT molecular complexity index is 1940. The lowest BCUT2D eigenvalue weighted by molar-refractivity contribution is -0.132. The van der Waals surface area contributed by atoms with Crippen molar-refractivity contribution >= 4 is 33.8 Å². The van der Waals surface area contributed by atoms with E-state index in [1.54, 1.807) is 36.4 Å². The third-order valence-electron chi connectivity index (χ3n) is 9.74. The van der Waals surface area contributed by atoms with Crippen molar-refractivity contribution in [1.29, 1.82) is 0 Å². The van der Waals surface area contributed by atoms with Crippen LogP contribution >= 0.6 is 0 Å². The summed E-state index contributed by atoms with van der Waals surface area (Å²) in [6, 6.07) is 17.3. The lowest BCUT2D eigenvalue weighted by atomic mass is 10.0. The van der Waals surface area contributed by atoms with Gasteiger partial charge in [-0.25, -0.2) is 0 Å². The quantitative estimate of drug-likeness (QED) is 0.261. The van der Waals surface area contributed by atoms with Crippen molar-refractivity contribution in [1.82, 2.24) is 29.9 Å². The van der Waals surface area contributed by atoms with E-state index in [1.165, 1.54) is 25.4 Å². The molecule has 3 aliphatic heterocycles. The van der Waals surface area contributed by atoms with Gasteiger partial charge >= 0.3 is 0 Å². The summed E-state index contributed by atoms with van der Waals surface area (Å²) in [6.07, 6.45) is 3.77. The molecule has 15 nitrogen and oxygen atoms in total. The second-order valence-electron chi connectivity index (χ2n) is 13.8. The van der Waals surface area contributed by atoms with Crippen LogP contribution in [0.25, 0.3) is 0 Å². The zero-order chi connectivity index (χ0) is 40.1. The summed E-state index contributed by atoms with van der Waals surface area (Å²) >= 11 is 0. The number of piperidine rings is 1. The van der Waals surface area contributed by atoms with Gasteiger partial charge < -0.3 is 35.5 Å². The molecule has 0 spiro atoms. The average Bonchev–Trinajstić information content (AvgIpc) is 3.21. The van der Waals surface area contributed by atoms with Gasteiger partial charge in [0.15, 0.2) is 11.5 Å². The van der Waals surface area contributed by atoms with Gasteiger partial charge in [-0.2, -0.15) is 17.0 Å². The maximum atomic E-state index is 13.9. The Labute approximate surface area is 328 Å². The first-order valence-electron chi connectivity index (χ1n) is 19.0. The Balaban J connectivity index is 1.41. The maximum absolute atomic E-state index is 13.9. The van der Waals surface area contributed by atoms with Crippen LogP contribution in [0.4, 0.5) is 0 Å². The number of methoxy groups -OCH3 is 2. The molecule has 6 rings (SSSR count). The normalized spacial score (nSPS) is 20.3. The third-order valence-corrected chi connectivity index (χ3v) is 11.7. The fourth-order valence-electron chi connectivity index (χ4n) is 6.55. The van der Waals surface area contributed by atoms with Crippen molar-refractivity contribution in [3.8, 4) is 23.0 Å². The summed E-state index contributed by atoms with van der Waals surface area (Å²) in [6.45, 7) is 2.06. The topological polar surface area (TPSA) is 185 Å². The van der Waals surface area contributed by atoms with E-state index in [2.05, 4.69) is 21.3 Å². The predicted octanol–water partition coefficient (Wildman–Crippen LogP) is 3.29. The van der Waals surface area contributed by atoms with Gasteiger partial charge in [0.1, 0.15) is 23.6 Å². The zero-order valence-corrected chi connectivity index (χ0v) is 33.0. The minimum absolute atomic E-state index is 0.0167. The summed E-state index contributed by atoms with van der Waals surface area (Å²) in [7, 11) is -1.04. The smallest absolute Gasteiger partial charge is 0.282 e. The number of carbonyl (C=O) groups excluding carboxylic acids is 4. The van der Waals surface area contributed by atoms with E-state index < -0.39 is 46.6 Å². The molecule has 3 aliphatic rings. The summed E-state index contributed by atoms with van der Waals surface area (Å²) < 4.78 is 47.5. The Morgan fingerprint density at radius 2 is 1.48 bits per heavy atom. The standard InChI is InChI=1S/C40H52N6O9S/c1-28-38(48)42-26-31-15-17-32(25-35(31)54-3)55-36-24-30(16-19-34(36)53-2)39(49)41-20-8-11-23-46(56(51,52)45-21-9-5-10-22-45)27-37(47)44-33(40(50)43-28)18-14-29-12-6-4-7-13-29/h4,6-7,12-13,15-17,19,24-25,28,33H,5,8-11,14,18,20-23,26-27H2,1-3H3,(H,41,49)(H,42,48)(H,43,50)(H,44,47)/t28-,33-/m0/s1. The number of rotatable bonds is 7. The average molecular weight is 793 g/mol. The van der Waals surface area contributed by atoms with Gasteiger partial charge in [-0.1, -0.05) is 36.8 Å². The van der Waals surface area contributed by atoms with Gasteiger partial charge in [0.2, 0.25) is 17.7 Å². The van der Waals surface area contributed by atoms with Crippen molar-refractivity contribution in [2.75, 3.05) is 46.9 Å². The van der Waals surface area contributed by atoms with Crippen LogP contribution in [-0.2, 0) is 37.6 Å². The van der Waals surface area contributed by atoms with Gasteiger partial charge in [-0.05, 0) is 81.3 Å². The molecule has 0 saturated carbocycles. The summed E-state index contributed by atoms with van der Waals surface area (Å²) in [5.41, 5.74) is 1.90. The van der Waals surface area contributed by atoms with Crippen LogP contribution in [0, 0.1) is 0 Å². The third kappa shape index (κ3) is 11.4. The van der Waals surface area contributed by atoms with Gasteiger partial charge in [-0.3, -0.25) is 19.2 Å². The molecule has 4 N–H and O–H groups in total. The molecule has 3 aromatic rings. The molecule has 302 valence electrons. The van der Waals surface area contributed by atoms with E-state index in [4.69, 9.17) is 14.2 Å². The number of hydrogen-bond acceptors (Lipinski definition) is 9. The molecule has 16 heteroatoms. The van der Waals surface area contributed by atoms with Crippen LogP contribution in [0.2, 0.25) is 0 Å². The first-order chi connectivity index (χ1) is 27.0. The number of aryl methyl sites for hydroxylation is 1. The molecule has 0 unspecified atom stereocenters. The second-order valence-corrected chi connectivity index (χ2v) is 15.7. The Hall–Kier alpha value is -5.19. The van der Waals surface area contributed by atoms with Crippen LogP contribution < -0.4 is 35.5 Å². The number of ether oxygens (including phenoxy) is 3. The molecule has 0 aromatic heterocycles. The predicted molar refractivity (Wildman–Crippen MR) is 210 cm³/mol. The molecule has 3 heterocycles. The van der Waals surface area contributed by atoms with Gasteiger partial charge in [0, 0.05) is 49.9 Å². The highest BCUT2D eigenvalue weighted by Crippen LogP contribution is 2.35. The Morgan fingerprint density at radius 3 is 2.21 bits per heavy atom. The number of nitrogens with one attached hydrogen (secondary N) is 4. The number of nitrogens with zero attached hydrogens (tertiary/aromatic N) is 2. The van der Waals surface area contributed by atoms with E-state index >= 15 is 0 Å². The Morgan fingerprint density at radius 1 is 0.768 bits per heavy atom. The lowest BCUT2D eigenvalue weighted by Crippen LogP contribution is -2.55. The molecule has 0 radical (unpaired) electrons. The number of carbonyl (C=O) groups is 4. The van der Waals surface area contributed by atoms with Crippen molar-refractivity contribution in [3.63, 3.8) is 0 Å². The maximum Gasteiger partial charge on any atom is 0.282 e. The summed E-state index contributed by atoms with van der Waals surface area (Å²) in [5.74, 6) is -0.561. The molecule has 1 fully saturated rings. The van der Waals surface area contributed by atoms with Gasteiger partial charge in [0.05, 0.1) is 20.8 Å². The number of amides is 4. The highest BCUT2D eigenvalue weighted by Gasteiger charge is 2.33. The minimum atomic E-state index is -4.02. The molecule has 2 atom stereocenters. The van der Waals surface area contributed by atoms with E-state index in [1.807, 2.05) is 30.3 Å².